The number of carbonyl (C=O) groups excluding carboxylic acids is 3. The van der Waals surface area contributed by atoms with Gasteiger partial charge in [0.15, 0.2) is 5.78 Å². The van der Waals surface area contributed by atoms with Crippen LogP contribution >= 0.6 is 0 Å². The van der Waals surface area contributed by atoms with Crippen molar-refractivity contribution in [1.82, 2.24) is 10.2 Å². The molecule has 0 bridgehead atoms. The van der Waals surface area contributed by atoms with Crippen LogP contribution < -0.4 is 5.32 Å². The molecule has 2 amide bonds. The molecule has 184 valence electrons. The first-order valence-corrected chi connectivity index (χ1v) is 12.5. The molecule has 1 aromatic rings. The van der Waals surface area contributed by atoms with Gasteiger partial charge in [-0.15, -0.1) is 0 Å². The lowest BCUT2D eigenvalue weighted by Gasteiger charge is -2.36. The first-order valence-electron chi connectivity index (χ1n) is 12.5. The molecule has 1 unspecified atom stereocenters. The number of rotatable bonds is 6. The summed E-state index contributed by atoms with van der Waals surface area (Å²) in [6, 6.07) is 7.34. The summed E-state index contributed by atoms with van der Waals surface area (Å²) in [6.07, 6.45) is 10.8. The third kappa shape index (κ3) is 8.92. The zero-order valence-corrected chi connectivity index (χ0v) is 20.9. The van der Waals surface area contributed by atoms with E-state index < -0.39 is 5.60 Å². The summed E-state index contributed by atoms with van der Waals surface area (Å²) in [7, 11) is 0. The number of hydrogen-bond acceptors (Lipinski definition) is 4. The number of likely N-dealkylation sites (tertiary alicyclic amines) is 1. The maximum absolute atomic E-state index is 12.4. The summed E-state index contributed by atoms with van der Waals surface area (Å²) in [5, 5.41) is 12.7. The number of aliphatic hydroxyl groups is 1. The Morgan fingerprint density at radius 3 is 2.21 bits per heavy atom. The van der Waals surface area contributed by atoms with Gasteiger partial charge in [-0.2, -0.15) is 0 Å². The number of Topliss-reactive ketones (excluding diaryl/α,β-unsaturated/α-hetero) is 1. The number of nitrogens with zero attached hydrogens (tertiary/aromatic N) is 1. The van der Waals surface area contributed by atoms with Crippen molar-refractivity contribution in [3.8, 4) is 0 Å². The lowest BCUT2D eigenvalue weighted by atomic mass is 9.89. The molecule has 6 heteroatoms. The van der Waals surface area contributed by atoms with Gasteiger partial charge in [0.05, 0.1) is 6.54 Å². The maximum Gasteiger partial charge on any atom is 0.253 e. The Bertz CT molecular complexity index is 782. The monoisotopic (exact) mass is 458 g/mol. The van der Waals surface area contributed by atoms with Gasteiger partial charge in [0.2, 0.25) is 0 Å². The van der Waals surface area contributed by atoms with E-state index in [2.05, 4.69) is 5.32 Å². The maximum atomic E-state index is 12.4. The van der Waals surface area contributed by atoms with Crippen LogP contribution in [-0.2, 0) is 9.59 Å². The average molecular weight is 459 g/mol. The zero-order chi connectivity index (χ0) is 24.4. The molecule has 1 aromatic carbocycles. The molecule has 1 atom stereocenters. The van der Waals surface area contributed by atoms with E-state index in [1.165, 1.54) is 52.4 Å². The Labute approximate surface area is 199 Å². The summed E-state index contributed by atoms with van der Waals surface area (Å²) in [6.45, 7) is 7.80. The molecule has 1 saturated heterocycles. The van der Waals surface area contributed by atoms with Crippen molar-refractivity contribution in [3.63, 3.8) is 0 Å². The largest absolute Gasteiger partial charge is 0.381 e. The summed E-state index contributed by atoms with van der Waals surface area (Å²) in [5.41, 5.74) is 0.119. The van der Waals surface area contributed by atoms with Crippen molar-refractivity contribution in [2.24, 2.45) is 5.92 Å². The molecule has 0 radical (unpaired) electrons. The van der Waals surface area contributed by atoms with Gasteiger partial charge in [-0.1, -0.05) is 64.5 Å². The molecule has 2 N–H and O–H groups in total. The molecule has 0 spiro atoms. The Morgan fingerprint density at radius 2 is 1.67 bits per heavy atom. The van der Waals surface area contributed by atoms with Gasteiger partial charge in [0, 0.05) is 30.5 Å². The average Bonchev–Trinajstić information content (AvgIpc) is 2.82. The number of hydrogen-bond donors (Lipinski definition) is 2. The molecular weight excluding hydrogens is 416 g/mol. The Kier molecular flexibility index (Phi) is 10.6. The number of benzene rings is 1. The van der Waals surface area contributed by atoms with E-state index >= 15 is 0 Å². The van der Waals surface area contributed by atoms with E-state index in [-0.39, 0.29) is 36.0 Å². The third-order valence-corrected chi connectivity index (χ3v) is 6.42. The molecule has 33 heavy (non-hydrogen) atoms. The van der Waals surface area contributed by atoms with Crippen LogP contribution in [0.5, 0.6) is 0 Å². The molecule has 2 aliphatic rings. The Morgan fingerprint density at radius 1 is 1.06 bits per heavy atom. The first-order chi connectivity index (χ1) is 15.6. The molecule has 1 heterocycles. The highest BCUT2D eigenvalue weighted by Gasteiger charge is 2.33. The van der Waals surface area contributed by atoms with Crippen molar-refractivity contribution in [1.29, 1.82) is 0 Å². The van der Waals surface area contributed by atoms with E-state index in [0.717, 1.165) is 18.4 Å². The summed E-state index contributed by atoms with van der Waals surface area (Å²) < 4.78 is 0. The van der Waals surface area contributed by atoms with Gasteiger partial charge >= 0.3 is 0 Å². The standard InChI is InChI=1S/C21H30N2O4.C6H12/c1-14(2)18(24)12-22-19(25)16-8-5-7-15(11-16)17-9-6-10-23(13-17)20(26)21(3,4)27;1-2-4-6-5-3-1/h5,7-8,11,14,17,27H,6,9-10,12-13H2,1-4H3,(H,22,25);1-6H2. The van der Waals surface area contributed by atoms with E-state index in [4.69, 9.17) is 0 Å². The topological polar surface area (TPSA) is 86.7 Å². The van der Waals surface area contributed by atoms with E-state index in [9.17, 15) is 19.5 Å². The second-order valence-electron chi connectivity index (χ2n) is 10.2. The molecule has 1 aliphatic heterocycles. The van der Waals surface area contributed by atoms with E-state index in [0.29, 0.717) is 18.7 Å². The van der Waals surface area contributed by atoms with Crippen LogP contribution in [0.1, 0.15) is 101 Å². The number of carbonyl (C=O) groups is 3. The smallest absolute Gasteiger partial charge is 0.253 e. The molecule has 6 nitrogen and oxygen atoms in total. The molecule has 3 rings (SSSR count). The zero-order valence-electron chi connectivity index (χ0n) is 20.9. The van der Waals surface area contributed by atoms with Gasteiger partial charge in [-0.3, -0.25) is 14.4 Å². The lowest BCUT2D eigenvalue weighted by molar-refractivity contribution is -0.149. The molecular formula is C27H42N2O4. The first kappa shape index (κ1) is 27.0. The lowest BCUT2D eigenvalue weighted by Crippen LogP contribution is -2.48. The summed E-state index contributed by atoms with van der Waals surface area (Å²) >= 11 is 0. The van der Waals surface area contributed by atoms with Crippen LogP contribution in [0.3, 0.4) is 0 Å². The molecule has 2 fully saturated rings. The minimum Gasteiger partial charge on any atom is -0.381 e. The summed E-state index contributed by atoms with van der Waals surface area (Å²) in [5.74, 6) is -0.541. The molecule has 0 aromatic heterocycles. The fraction of sp³-hybridized carbons (Fsp3) is 0.667. The fourth-order valence-electron chi connectivity index (χ4n) is 4.29. The van der Waals surface area contributed by atoms with Crippen molar-refractivity contribution in [2.45, 2.75) is 90.6 Å². The van der Waals surface area contributed by atoms with Gasteiger partial charge in [-0.25, -0.2) is 0 Å². The molecule has 1 aliphatic carbocycles. The Balaban J connectivity index is 0.000000554. The van der Waals surface area contributed by atoms with Crippen LogP contribution in [0.2, 0.25) is 0 Å². The minimum atomic E-state index is -1.38. The highest BCUT2D eigenvalue weighted by atomic mass is 16.3. The Hall–Kier alpha value is -2.21. The van der Waals surface area contributed by atoms with E-state index in [1.807, 2.05) is 18.2 Å². The van der Waals surface area contributed by atoms with Crippen LogP contribution in [0, 0.1) is 5.92 Å². The van der Waals surface area contributed by atoms with Gasteiger partial charge in [0.1, 0.15) is 5.60 Å². The van der Waals surface area contributed by atoms with Crippen molar-refractivity contribution in [3.05, 3.63) is 35.4 Å². The SMILES string of the molecule is C1CCCCC1.CC(C)C(=O)CNC(=O)c1cccc(C2CCCN(C(=O)C(C)(C)O)C2)c1. The number of ketones is 1. The predicted molar refractivity (Wildman–Crippen MR) is 131 cm³/mol. The second-order valence-corrected chi connectivity index (χ2v) is 10.2. The highest BCUT2D eigenvalue weighted by molar-refractivity contribution is 5.97. The third-order valence-electron chi connectivity index (χ3n) is 6.42. The fourth-order valence-corrected chi connectivity index (χ4v) is 4.29. The number of amides is 2. The van der Waals surface area contributed by atoms with Gasteiger partial charge < -0.3 is 15.3 Å². The van der Waals surface area contributed by atoms with Gasteiger partial charge in [0.25, 0.3) is 11.8 Å². The van der Waals surface area contributed by atoms with Crippen molar-refractivity contribution < 1.29 is 19.5 Å². The number of piperidine rings is 1. The second kappa shape index (κ2) is 12.9. The minimum absolute atomic E-state index is 0.00689. The predicted octanol–water partition coefficient (Wildman–Crippen LogP) is 4.46. The highest BCUT2D eigenvalue weighted by Crippen LogP contribution is 2.28. The van der Waals surface area contributed by atoms with Crippen LogP contribution in [-0.4, -0.2) is 52.8 Å². The van der Waals surface area contributed by atoms with E-state index in [1.54, 1.807) is 24.8 Å². The number of nitrogens with one attached hydrogen (secondary N) is 1. The van der Waals surface area contributed by atoms with Crippen molar-refractivity contribution >= 4 is 17.6 Å². The normalized spacial score (nSPS) is 18.8. The van der Waals surface area contributed by atoms with Crippen LogP contribution in [0.25, 0.3) is 0 Å². The quantitative estimate of drug-likeness (QED) is 0.659. The van der Waals surface area contributed by atoms with Crippen molar-refractivity contribution in [2.75, 3.05) is 19.6 Å². The van der Waals surface area contributed by atoms with Crippen LogP contribution in [0.4, 0.5) is 0 Å². The summed E-state index contributed by atoms with van der Waals surface area (Å²) in [4.78, 5) is 38.1. The van der Waals surface area contributed by atoms with Crippen LogP contribution in [0.15, 0.2) is 24.3 Å². The molecule has 1 saturated carbocycles. The van der Waals surface area contributed by atoms with Gasteiger partial charge in [-0.05, 0) is 44.4 Å².